The lowest BCUT2D eigenvalue weighted by molar-refractivity contribution is 0.178. The maximum Gasteiger partial charge on any atom is 0.322 e. The number of halogens is 2. The predicted octanol–water partition coefficient (Wildman–Crippen LogP) is 3.65. The molecule has 4 nitrogen and oxygen atoms in total. The number of hydrogen-bond donors (Lipinski definition) is 1. The molecule has 4 rings (SSSR count). The molecule has 1 aromatic carbocycles. The van der Waals surface area contributed by atoms with Crippen molar-refractivity contribution in [2.24, 2.45) is 0 Å². The number of aromatic nitrogens is 1. The standard InChI is InChI=1S/C17H15F2N3O/c18-10-2-1-3-11(8-10)21-17(23)22-12-4-5-15(22)13-6-7-20-16(19)14(13)9-12/h1-3,6-8,12,15H,4-5,9H2,(H,21,23). The van der Waals surface area contributed by atoms with Gasteiger partial charge in [0.25, 0.3) is 0 Å². The molecule has 0 radical (unpaired) electrons. The molecule has 2 aliphatic rings. The number of anilines is 1. The normalized spacial score (nSPS) is 21.9. The fourth-order valence-corrected chi connectivity index (χ4v) is 3.68. The molecule has 6 heteroatoms. The molecule has 0 aliphatic carbocycles. The van der Waals surface area contributed by atoms with Crippen LogP contribution in [0.25, 0.3) is 0 Å². The van der Waals surface area contributed by atoms with Crippen molar-refractivity contribution in [3.8, 4) is 0 Å². The van der Waals surface area contributed by atoms with Gasteiger partial charge in [0.15, 0.2) is 0 Å². The van der Waals surface area contributed by atoms with E-state index in [-0.39, 0.29) is 18.1 Å². The van der Waals surface area contributed by atoms with Crippen LogP contribution in [0.5, 0.6) is 0 Å². The summed E-state index contributed by atoms with van der Waals surface area (Å²) in [4.78, 5) is 18.1. The molecule has 1 fully saturated rings. The Morgan fingerprint density at radius 3 is 2.96 bits per heavy atom. The molecule has 23 heavy (non-hydrogen) atoms. The summed E-state index contributed by atoms with van der Waals surface area (Å²) in [5, 5.41) is 2.74. The minimum atomic E-state index is -0.440. The third-order valence-corrected chi connectivity index (χ3v) is 4.65. The van der Waals surface area contributed by atoms with E-state index in [0.717, 1.165) is 18.4 Å². The van der Waals surface area contributed by atoms with Gasteiger partial charge in [-0.25, -0.2) is 14.2 Å². The Bertz CT molecular complexity index is 780. The first-order valence-electron chi connectivity index (χ1n) is 7.61. The van der Waals surface area contributed by atoms with E-state index in [9.17, 15) is 13.6 Å². The first-order chi connectivity index (χ1) is 11.1. The van der Waals surface area contributed by atoms with E-state index in [1.54, 1.807) is 23.1 Å². The maximum atomic E-state index is 13.9. The second kappa shape index (κ2) is 5.30. The quantitative estimate of drug-likeness (QED) is 0.816. The zero-order valence-electron chi connectivity index (χ0n) is 12.3. The lowest BCUT2D eigenvalue weighted by Gasteiger charge is -2.36. The van der Waals surface area contributed by atoms with Gasteiger partial charge in [-0.1, -0.05) is 6.07 Å². The third kappa shape index (κ3) is 2.34. The number of hydrogen-bond acceptors (Lipinski definition) is 2. The fraction of sp³-hybridized carbons (Fsp3) is 0.294. The lowest BCUT2D eigenvalue weighted by atomic mass is 9.95. The molecule has 2 aliphatic heterocycles. The molecule has 2 bridgehead atoms. The molecule has 1 saturated heterocycles. The molecule has 2 atom stereocenters. The van der Waals surface area contributed by atoms with Gasteiger partial charge in [-0.15, -0.1) is 0 Å². The van der Waals surface area contributed by atoms with Gasteiger partial charge in [0, 0.05) is 23.5 Å². The topological polar surface area (TPSA) is 45.2 Å². The Hall–Kier alpha value is -2.50. The first-order valence-corrected chi connectivity index (χ1v) is 7.61. The van der Waals surface area contributed by atoms with Crippen molar-refractivity contribution in [1.29, 1.82) is 0 Å². The largest absolute Gasteiger partial charge is 0.322 e. The SMILES string of the molecule is O=C(Nc1cccc(F)c1)N1C2CCC1c1ccnc(F)c1C2. The van der Waals surface area contributed by atoms with E-state index in [4.69, 9.17) is 0 Å². The van der Waals surface area contributed by atoms with E-state index < -0.39 is 11.8 Å². The molecule has 1 N–H and O–H groups in total. The van der Waals surface area contributed by atoms with Gasteiger partial charge in [0.1, 0.15) is 5.82 Å². The summed E-state index contributed by atoms with van der Waals surface area (Å²) < 4.78 is 27.1. The monoisotopic (exact) mass is 315 g/mol. The number of nitrogens with one attached hydrogen (secondary N) is 1. The van der Waals surface area contributed by atoms with Gasteiger partial charge < -0.3 is 10.2 Å². The highest BCUT2D eigenvalue weighted by atomic mass is 19.1. The molecule has 1 aromatic heterocycles. The van der Waals surface area contributed by atoms with Gasteiger partial charge in [0.05, 0.1) is 6.04 Å². The second-order valence-corrected chi connectivity index (χ2v) is 5.97. The van der Waals surface area contributed by atoms with Crippen molar-refractivity contribution < 1.29 is 13.6 Å². The summed E-state index contributed by atoms with van der Waals surface area (Å²) in [6.07, 6.45) is 3.55. The van der Waals surface area contributed by atoms with Crippen LogP contribution in [0.4, 0.5) is 19.3 Å². The number of pyridine rings is 1. The average Bonchev–Trinajstić information content (AvgIpc) is 2.84. The van der Waals surface area contributed by atoms with Gasteiger partial charge in [-0.05, 0) is 49.1 Å². The molecule has 2 aromatic rings. The van der Waals surface area contributed by atoms with Crippen LogP contribution in [0.3, 0.4) is 0 Å². The number of urea groups is 1. The van der Waals surface area contributed by atoms with E-state index in [1.165, 1.54) is 18.3 Å². The maximum absolute atomic E-state index is 13.9. The Balaban J connectivity index is 1.62. The van der Waals surface area contributed by atoms with Crippen LogP contribution in [0.1, 0.15) is 30.0 Å². The van der Waals surface area contributed by atoms with Crippen LogP contribution in [-0.4, -0.2) is 22.0 Å². The van der Waals surface area contributed by atoms with Crippen LogP contribution in [0, 0.1) is 11.8 Å². The molecule has 0 saturated carbocycles. The van der Waals surface area contributed by atoms with Crippen LogP contribution in [0.2, 0.25) is 0 Å². The predicted molar refractivity (Wildman–Crippen MR) is 80.9 cm³/mol. The number of fused-ring (bicyclic) bond motifs is 4. The van der Waals surface area contributed by atoms with Gasteiger partial charge in [0.2, 0.25) is 5.95 Å². The zero-order valence-corrected chi connectivity index (χ0v) is 12.3. The Kier molecular flexibility index (Phi) is 3.25. The van der Waals surface area contributed by atoms with E-state index in [1.807, 2.05) is 0 Å². The van der Waals surface area contributed by atoms with Gasteiger partial charge in [-0.3, -0.25) is 0 Å². The average molecular weight is 315 g/mol. The minimum absolute atomic E-state index is 0.0419. The molecule has 2 unspecified atom stereocenters. The number of benzene rings is 1. The summed E-state index contributed by atoms with van der Waals surface area (Å²) in [5.74, 6) is -0.840. The molecular formula is C17H15F2N3O. The summed E-state index contributed by atoms with van der Waals surface area (Å²) in [5.41, 5.74) is 1.87. The highest BCUT2D eigenvalue weighted by Gasteiger charge is 2.43. The summed E-state index contributed by atoms with van der Waals surface area (Å²) in [6.45, 7) is 0. The van der Waals surface area contributed by atoms with Crippen molar-refractivity contribution in [3.05, 3.63) is 59.4 Å². The number of nitrogens with zero attached hydrogens (tertiary/aromatic N) is 2. The van der Waals surface area contributed by atoms with Gasteiger partial charge in [-0.2, -0.15) is 4.39 Å². The number of rotatable bonds is 1. The van der Waals surface area contributed by atoms with Crippen LogP contribution >= 0.6 is 0 Å². The van der Waals surface area contributed by atoms with Crippen molar-refractivity contribution >= 4 is 11.7 Å². The van der Waals surface area contributed by atoms with Crippen molar-refractivity contribution in [2.75, 3.05) is 5.32 Å². The number of carbonyl (C=O) groups is 1. The second-order valence-electron chi connectivity index (χ2n) is 5.97. The van der Waals surface area contributed by atoms with Crippen molar-refractivity contribution in [3.63, 3.8) is 0 Å². The smallest absolute Gasteiger partial charge is 0.314 e. The van der Waals surface area contributed by atoms with E-state index in [0.29, 0.717) is 17.7 Å². The van der Waals surface area contributed by atoms with Crippen LogP contribution < -0.4 is 5.32 Å². The molecule has 2 amide bonds. The van der Waals surface area contributed by atoms with E-state index >= 15 is 0 Å². The minimum Gasteiger partial charge on any atom is -0.314 e. The molecule has 0 spiro atoms. The van der Waals surface area contributed by atoms with E-state index in [2.05, 4.69) is 10.3 Å². The highest BCUT2D eigenvalue weighted by Crippen LogP contribution is 2.44. The Morgan fingerprint density at radius 2 is 2.13 bits per heavy atom. The third-order valence-electron chi connectivity index (χ3n) is 4.65. The van der Waals surface area contributed by atoms with Crippen molar-refractivity contribution in [2.45, 2.75) is 31.3 Å². The first kappa shape index (κ1) is 14.1. The zero-order chi connectivity index (χ0) is 16.0. The number of amides is 2. The summed E-state index contributed by atoms with van der Waals surface area (Å²) in [6, 6.07) is 7.12. The lowest BCUT2D eigenvalue weighted by Crippen LogP contribution is -2.44. The van der Waals surface area contributed by atoms with Crippen molar-refractivity contribution in [1.82, 2.24) is 9.88 Å². The highest BCUT2D eigenvalue weighted by molar-refractivity contribution is 5.90. The molecule has 3 heterocycles. The molecular weight excluding hydrogens is 300 g/mol. The number of carbonyl (C=O) groups excluding carboxylic acids is 1. The van der Waals surface area contributed by atoms with Crippen LogP contribution in [0.15, 0.2) is 36.5 Å². The Morgan fingerprint density at radius 1 is 1.26 bits per heavy atom. The fourth-order valence-electron chi connectivity index (χ4n) is 3.68. The Labute approximate surface area is 132 Å². The summed E-state index contributed by atoms with van der Waals surface area (Å²) in [7, 11) is 0. The summed E-state index contributed by atoms with van der Waals surface area (Å²) >= 11 is 0. The van der Waals surface area contributed by atoms with Crippen LogP contribution in [-0.2, 0) is 6.42 Å². The molecule has 118 valence electrons. The van der Waals surface area contributed by atoms with Gasteiger partial charge >= 0.3 is 6.03 Å².